The molecule has 0 atom stereocenters. The third kappa shape index (κ3) is 4.23. The van der Waals surface area contributed by atoms with Gasteiger partial charge in [-0.05, 0) is 31.0 Å². The molecule has 1 amide bonds. The number of anilines is 2. The Balaban J connectivity index is 1.65. The van der Waals surface area contributed by atoms with Crippen molar-refractivity contribution in [2.24, 2.45) is 0 Å². The van der Waals surface area contributed by atoms with Gasteiger partial charge in [0.2, 0.25) is 0 Å². The molecule has 5 nitrogen and oxygen atoms in total. The summed E-state index contributed by atoms with van der Waals surface area (Å²) in [6, 6.07) is 15.5. The fraction of sp³-hybridized carbons (Fsp3) is 0.150. The summed E-state index contributed by atoms with van der Waals surface area (Å²) in [6.07, 6.45) is 2.17. The first-order chi connectivity index (χ1) is 13.1. The molecule has 0 bridgehead atoms. The highest BCUT2D eigenvalue weighted by molar-refractivity contribution is 6.31. The van der Waals surface area contributed by atoms with Gasteiger partial charge in [0.15, 0.2) is 5.82 Å². The summed E-state index contributed by atoms with van der Waals surface area (Å²) in [5.74, 6) is 0.104. The van der Waals surface area contributed by atoms with Gasteiger partial charge in [0.1, 0.15) is 17.3 Å². The average molecular weight is 383 g/mol. The molecule has 0 spiro atoms. The first kappa shape index (κ1) is 17.4. The summed E-state index contributed by atoms with van der Waals surface area (Å²) >= 11 is 5.78. The minimum Gasteiger partial charge on any atom is -0.367 e. The fourth-order valence-electron chi connectivity index (χ4n) is 2.56. The molecular weight excluding hydrogens is 367 g/mol. The molecule has 0 unspecified atom stereocenters. The van der Waals surface area contributed by atoms with Crippen LogP contribution in [0.3, 0.4) is 0 Å². The molecular formula is C20H16ClFN4O. The molecule has 0 aliphatic heterocycles. The molecule has 3 aromatic rings. The van der Waals surface area contributed by atoms with E-state index in [0.717, 1.165) is 18.4 Å². The van der Waals surface area contributed by atoms with E-state index in [1.807, 2.05) is 30.3 Å². The summed E-state index contributed by atoms with van der Waals surface area (Å²) < 4.78 is 13.3. The zero-order valence-corrected chi connectivity index (χ0v) is 15.0. The number of hydrogen-bond acceptors (Lipinski definition) is 4. The summed E-state index contributed by atoms with van der Waals surface area (Å²) in [5, 5.41) is 5.93. The summed E-state index contributed by atoms with van der Waals surface area (Å²) in [7, 11) is 0. The van der Waals surface area contributed by atoms with Crippen molar-refractivity contribution in [1.29, 1.82) is 0 Å². The topological polar surface area (TPSA) is 66.9 Å². The predicted octanol–water partition coefficient (Wildman–Crippen LogP) is 4.76. The van der Waals surface area contributed by atoms with Crippen molar-refractivity contribution in [3.63, 3.8) is 0 Å². The Bertz CT molecular complexity index is 993. The molecule has 2 aromatic carbocycles. The van der Waals surface area contributed by atoms with Crippen molar-refractivity contribution < 1.29 is 9.18 Å². The van der Waals surface area contributed by atoms with E-state index in [-0.39, 0.29) is 10.7 Å². The van der Waals surface area contributed by atoms with Crippen molar-refractivity contribution in [3.8, 4) is 11.4 Å². The highest BCUT2D eigenvalue weighted by Gasteiger charge is 2.23. The molecule has 0 saturated heterocycles. The third-order valence-corrected chi connectivity index (χ3v) is 4.39. The minimum absolute atomic E-state index is 0.0587. The molecule has 1 heterocycles. The van der Waals surface area contributed by atoms with Gasteiger partial charge in [-0.15, -0.1) is 0 Å². The molecule has 1 aliphatic rings. The lowest BCUT2D eigenvalue weighted by Crippen LogP contribution is -2.16. The molecule has 4 rings (SSSR count). The first-order valence-electron chi connectivity index (χ1n) is 8.56. The van der Waals surface area contributed by atoms with Crippen molar-refractivity contribution in [1.82, 2.24) is 9.97 Å². The van der Waals surface area contributed by atoms with Gasteiger partial charge >= 0.3 is 0 Å². The van der Waals surface area contributed by atoms with E-state index in [4.69, 9.17) is 11.6 Å². The Morgan fingerprint density at radius 3 is 2.56 bits per heavy atom. The first-order valence-corrected chi connectivity index (χ1v) is 8.94. The molecule has 27 heavy (non-hydrogen) atoms. The van der Waals surface area contributed by atoms with Crippen LogP contribution in [0.15, 0.2) is 54.6 Å². The van der Waals surface area contributed by atoms with Crippen molar-refractivity contribution in [2.45, 2.75) is 18.9 Å². The number of amides is 1. The number of hydrogen-bond donors (Lipinski definition) is 2. The quantitative estimate of drug-likeness (QED) is 0.667. The largest absolute Gasteiger partial charge is 0.367 e. The summed E-state index contributed by atoms with van der Waals surface area (Å²) in [5.41, 5.74) is 1.42. The molecule has 0 radical (unpaired) electrons. The number of carbonyl (C=O) groups is 1. The maximum absolute atomic E-state index is 13.3. The lowest BCUT2D eigenvalue weighted by Gasteiger charge is -2.10. The van der Waals surface area contributed by atoms with Crippen LogP contribution in [0.25, 0.3) is 11.4 Å². The average Bonchev–Trinajstić information content (AvgIpc) is 3.49. The standard InChI is InChI=1S/C20H16ClFN4O/c21-15-10-14(8-9-16(15)22)24-20(27)17-11-18(23-13-6-7-13)26-19(25-17)12-4-2-1-3-5-12/h1-5,8-11,13H,6-7H2,(H,24,27)(H,23,25,26). The van der Waals surface area contributed by atoms with Crippen LogP contribution in [-0.4, -0.2) is 21.9 Å². The zero-order chi connectivity index (χ0) is 18.8. The van der Waals surface area contributed by atoms with Gasteiger partial charge in [0, 0.05) is 23.4 Å². The minimum atomic E-state index is -0.543. The number of nitrogens with zero attached hydrogens (tertiary/aromatic N) is 2. The third-order valence-electron chi connectivity index (χ3n) is 4.10. The van der Waals surface area contributed by atoms with E-state index in [0.29, 0.717) is 23.4 Å². The highest BCUT2D eigenvalue weighted by atomic mass is 35.5. The maximum Gasteiger partial charge on any atom is 0.274 e. The Kier molecular flexibility index (Phi) is 4.73. The second-order valence-corrected chi connectivity index (χ2v) is 6.74. The van der Waals surface area contributed by atoms with Gasteiger partial charge in [0.05, 0.1) is 5.02 Å². The number of aromatic nitrogens is 2. The monoisotopic (exact) mass is 382 g/mol. The van der Waals surface area contributed by atoms with Gasteiger partial charge in [-0.3, -0.25) is 4.79 Å². The summed E-state index contributed by atoms with van der Waals surface area (Å²) in [4.78, 5) is 21.6. The van der Waals surface area contributed by atoms with Gasteiger partial charge in [-0.2, -0.15) is 0 Å². The van der Waals surface area contributed by atoms with Gasteiger partial charge in [-0.25, -0.2) is 14.4 Å². The van der Waals surface area contributed by atoms with Crippen LogP contribution < -0.4 is 10.6 Å². The molecule has 1 aliphatic carbocycles. The second kappa shape index (κ2) is 7.32. The van der Waals surface area contributed by atoms with Crippen LogP contribution >= 0.6 is 11.6 Å². The Morgan fingerprint density at radius 1 is 1.07 bits per heavy atom. The molecule has 2 N–H and O–H groups in total. The van der Waals surface area contributed by atoms with Crippen LogP contribution in [0.4, 0.5) is 15.9 Å². The molecule has 7 heteroatoms. The number of nitrogens with one attached hydrogen (secondary N) is 2. The van der Waals surface area contributed by atoms with E-state index < -0.39 is 11.7 Å². The highest BCUT2D eigenvalue weighted by Crippen LogP contribution is 2.26. The van der Waals surface area contributed by atoms with Crippen molar-refractivity contribution in [3.05, 3.63) is 71.1 Å². The fourth-order valence-corrected chi connectivity index (χ4v) is 2.74. The Labute approximate surface area is 160 Å². The lowest BCUT2D eigenvalue weighted by atomic mass is 10.2. The Morgan fingerprint density at radius 2 is 1.85 bits per heavy atom. The molecule has 1 fully saturated rings. The van der Waals surface area contributed by atoms with Crippen LogP contribution in [0.2, 0.25) is 5.02 Å². The second-order valence-electron chi connectivity index (χ2n) is 6.33. The number of benzene rings is 2. The van der Waals surface area contributed by atoms with E-state index in [1.54, 1.807) is 6.07 Å². The Hall–Kier alpha value is -2.99. The van der Waals surface area contributed by atoms with E-state index in [2.05, 4.69) is 20.6 Å². The van der Waals surface area contributed by atoms with Gasteiger partial charge < -0.3 is 10.6 Å². The van der Waals surface area contributed by atoms with Crippen molar-refractivity contribution >= 4 is 29.0 Å². The summed E-state index contributed by atoms with van der Waals surface area (Å²) in [6.45, 7) is 0. The lowest BCUT2D eigenvalue weighted by molar-refractivity contribution is 0.102. The molecule has 1 aromatic heterocycles. The zero-order valence-electron chi connectivity index (χ0n) is 14.2. The number of carbonyl (C=O) groups excluding carboxylic acids is 1. The van der Waals surface area contributed by atoms with Crippen LogP contribution in [0, 0.1) is 5.82 Å². The maximum atomic E-state index is 13.3. The van der Waals surface area contributed by atoms with Crippen molar-refractivity contribution in [2.75, 3.05) is 10.6 Å². The molecule has 1 saturated carbocycles. The van der Waals surface area contributed by atoms with Crippen LogP contribution in [-0.2, 0) is 0 Å². The van der Waals surface area contributed by atoms with E-state index in [9.17, 15) is 9.18 Å². The van der Waals surface area contributed by atoms with Gasteiger partial charge in [-0.1, -0.05) is 41.9 Å². The van der Waals surface area contributed by atoms with Crippen LogP contribution in [0.1, 0.15) is 23.3 Å². The van der Waals surface area contributed by atoms with Gasteiger partial charge in [0.25, 0.3) is 5.91 Å². The number of rotatable bonds is 5. The van der Waals surface area contributed by atoms with E-state index in [1.165, 1.54) is 18.2 Å². The van der Waals surface area contributed by atoms with Crippen LogP contribution in [0.5, 0.6) is 0 Å². The SMILES string of the molecule is O=C(Nc1ccc(F)c(Cl)c1)c1cc(NC2CC2)nc(-c2ccccc2)n1. The normalized spacial score (nSPS) is 13.3. The van der Waals surface area contributed by atoms with E-state index >= 15 is 0 Å². The number of halogens is 2. The predicted molar refractivity (Wildman–Crippen MR) is 103 cm³/mol. The molecule has 136 valence electrons. The smallest absolute Gasteiger partial charge is 0.274 e.